The van der Waals surface area contributed by atoms with Gasteiger partial charge < -0.3 is 37.6 Å². The van der Waals surface area contributed by atoms with Crippen LogP contribution in [0.25, 0.3) is 0 Å². The number of nitrogens with two attached hydrogens (primary N) is 2. The number of carboxylic acids is 1. The Morgan fingerprint density at radius 3 is 1.70 bits per heavy atom. The summed E-state index contributed by atoms with van der Waals surface area (Å²) in [4.78, 5) is 49.8. The van der Waals surface area contributed by atoms with E-state index in [1.54, 1.807) is 20.8 Å². The largest absolute Gasteiger partial charge is 0.480 e. The number of aliphatic carboxylic acids is 1. The average molecular weight is 474 g/mol. The standard InChI is InChI=1S/C22H43N5O6/c1-6-12(3)16(25-19(29)15(24)10-8-9-11-23)20(30)27-18(14(5)28)21(31)26-17(22(32)33)13(4)7-2/h12-18,28H,6-11,23-24H2,1-5H3,(H,25,29)(H,26,31)(H,27,30)(H,32,33). The Hall–Kier alpha value is -2.24. The van der Waals surface area contributed by atoms with E-state index in [9.17, 15) is 29.4 Å². The van der Waals surface area contributed by atoms with E-state index in [1.165, 1.54) is 6.92 Å². The topological polar surface area (TPSA) is 197 Å². The van der Waals surface area contributed by atoms with Gasteiger partial charge >= 0.3 is 5.97 Å². The van der Waals surface area contributed by atoms with Crippen LogP contribution in [0, 0.1) is 11.8 Å². The normalized spacial score (nSPS) is 17.6. The molecular weight excluding hydrogens is 430 g/mol. The molecule has 0 heterocycles. The summed E-state index contributed by atoms with van der Waals surface area (Å²) in [5.74, 6) is -3.82. The minimum atomic E-state index is -1.40. The van der Waals surface area contributed by atoms with Crippen LogP contribution in [0.15, 0.2) is 0 Å². The molecule has 0 aliphatic heterocycles. The second-order valence-corrected chi connectivity index (χ2v) is 8.70. The van der Waals surface area contributed by atoms with Gasteiger partial charge in [0.25, 0.3) is 0 Å². The molecule has 3 amide bonds. The zero-order valence-corrected chi connectivity index (χ0v) is 20.5. The number of carbonyl (C=O) groups is 4. The number of carbonyl (C=O) groups excluding carboxylic acids is 3. The zero-order valence-electron chi connectivity index (χ0n) is 20.5. The number of aliphatic hydroxyl groups excluding tert-OH is 1. The first-order valence-electron chi connectivity index (χ1n) is 11.7. The summed E-state index contributed by atoms with van der Waals surface area (Å²) in [5.41, 5.74) is 11.4. The highest BCUT2D eigenvalue weighted by molar-refractivity contribution is 5.94. The second kappa shape index (κ2) is 15.6. The lowest BCUT2D eigenvalue weighted by molar-refractivity contribution is -0.144. The second-order valence-electron chi connectivity index (χ2n) is 8.70. The lowest BCUT2D eigenvalue weighted by Gasteiger charge is -2.29. The maximum absolute atomic E-state index is 13.0. The number of hydrogen-bond acceptors (Lipinski definition) is 7. The fraction of sp³-hybridized carbons (Fsp3) is 0.818. The summed E-state index contributed by atoms with van der Waals surface area (Å²) in [6, 6.07) is -4.36. The smallest absolute Gasteiger partial charge is 0.326 e. The molecule has 9 N–H and O–H groups in total. The molecule has 0 saturated heterocycles. The van der Waals surface area contributed by atoms with E-state index in [0.717, 1.165) is 6.42 Å². The van der Waals surface area contributed by atoms with Crippen molar-refractivity contribution >= 4 is 23.7 Å². The highest BCUT2D eigenvalue weighted by atomic mass is 16.4. The summed E-state index contributed by atoms with van der Waals surface area (Å²) in [6.45, 7) is 8.90. The minimum absolute atomic E-state index is 0.283. The van der Waals surface area contributed by atoms with Crippen molar-refractivity contribution in [3.05, 3.63) is 0 Å². The Kier molecular flexibility index (Phi) is 14.5. The molecule has 0 spiro atoms. The Labute approximate surface area is 196 Å². The van der Waals surface area contributed by atoms with Crippen LogP contribution in [0.3, 0.4) is 0 Å². The van der Waals surface area contributed by atoms with E-state index in [2.05, 4.69) is 16.0 Å². The number of aliphatic hydroxyl groups is 1. The van der Waals surface area contributed by atoms with Crippen molar-refractivity contribution in [2.24, 2.45) is 23.3 Å². The fourth-order valence-electron chi connectivity index (χ4n) is 3.18. The number of rotatable bonds is 16. The van der Waals surface area contributed by atoms with E-state index in [0.29, 0.717) is 32.2 Å². The van der Waals surface area contributed by atoms with Crippen LogP contribution in [-0.4, -0.2) is 70.7 Å². The molecule has 0 saturated carbocycles. The van der Waals surface area contributed by atoms with Crippen molar-refractivity contribution in [3.63, 3.8) is 0 Å². The summed E-state index contributed by atoms with van der Waals surface area (Å²) in [5, 5.41) is 27.0. The summed E-state index contributed by atoms with van der Waals surface area (Å²) in [6.07, 6.45) is 1.60. The number of carboxylic acid groups (broad SMARTS) is 1. The molecule has 0 aromatic heterocycles. The molecule has 0 aliphatic rings. The molecule has 0 bridgehead atoms. The van der Waals surface area contributed by atoms with Crippen LogP contribution < -0.4 is 27.4 Å². The number of hydrogen-bond donors (Lipinski definition) is 7. The summed E-state index contributed by atoms with van der Waals surface area (Å²) < 4.78 is 0. The van der Waals surface area contributed by atoms with E-state index < -0.39 is 54.0 Å². The van der Waals surface area contributed by atoms with Gasteiger partial charge in [0.05, 0.1) is 12.1 Å². The molecule has 11 nitrogen and oxygen atoms in total. The average Bonchev–Trinajstić information content (AvgIpc) is 2.77. The first-order chi connectivity index (χ1) is 15.4. The van der Waals surface area contributed by atoms with E-state index in [-0.39, 0.29) is 11.8 Å². The van der Waals surface area contributed by atoms with Gasteiger partial charge in [0.2, 0.25) is 17.7 Å². The Morgan fingerprint density at radius 2 is 1.24 bits per heavy atom. The van der Waals surface area contributed by atoms with Gasteiger partial charge in [-0.2, -0.15) is 0 Å². The van der Waals surface area contributed by atoms with Crippen LogP contribution >= 0.6 is 0 Å². The molecule has 0 fully saturated rings. The van der Waals surface area contributed by atoms with Crippen LogP contribution in [0.2, 0.25) is 0 Å². The molecule has 0 aliphatic carbocycles. The van der Waals surface area contributed by atoms with E-state index in [1.807, 2.05) is 6.92 Å². The predicted molar refractivity (Wildman–Crippen MR) is 125 cm³/mol. The molecule has 7 atom stereocenters. The maximum atomic E-state index is 13.0. The van der Waals surface area contributed by atoms with Gasteiger partial charge in [-0.3, -0.25) is 14.4 Å². The lowest BCUT2D eigenvalue weighted by Crippen LogP contribution is -2.61. The Bertz CT molecular complexity index is 645. The van der Waals surface area contributed by atoms with Gasteiger partial charge in [0.15, 0.2) is 0 Å². The maximum Gasteiger partial charge on any atom is 0.326 e. The Balaban J connectivity index is 5.43. The third-order valence-electron chi connectivity index (χ3n) is 5.94. The molecule has 0 aromatic carbocycles. The molecule has 0 aromatic rings. The third-order valence-corrected chi connectivity index (χ3v) is 5.94. The van der Waals surface area contributed by atoms with Crippen molar-refractivity contribution < 1.29 is 29.4 Å². The summed E-state index contributed by atoms with van der Waals surface area (Å²) in [7, 11) is 0. The number of nitrogens with one attached hydrogen (secondary N) is 3. The van der Waals surface area contributed by atoms with E-state index in [4.69, 9.17) is 11.5 Å². The summed E-state index contributed by atoms with van der Waals surface area (Å²) >= 11 is 0. The first kappa shape index (κ1) is 30.8. The van der Waals surface area contributed by atoms with Crippen molar-refractivity contribution in [1.29, 1.82) is 0 Å². The SMILES string of the molecule is CCC(C)C(NC(=O)C(NC(=O)C(NC(=O)C(N)CCCCN)C(C)CC)C(C)O)C(=O)O. The highest BCUT2D eigenvalue weighted by Gasteiger charge is 2.35. The van der Waals surface area contributed by atoms with E-state index >= 15 is 0 Å². The van der Waals surface area contributed by atoms with Crippen LogP contribution in [-0.2, 0) is 19.2 Å². The fourth-order valence-corrected chi connectivity index (χ4v) is 3.18. The molecular formula is C22H43N5O6. The van der Waals surface area contributed by atoms with Crippen molar-refractivity contribution in [3.8, 4) is 0 Å². The van der Waals surface area contributed by atoms with Crippen LogP contribution in [0.5, 0.6) is 0 Å². The van der Waals surface area contributed by atoms with Gasteiger partial charge in [-0.1, -0.05) is 47.0 Å². The highest BCUT2D eigenvalue weighted by Crippen LogP contribution is 2.12. The van der Waals surface area contributed by atoms with Crippen molar-refractivity contribution in [1.82, 2.24) is 16.0 Å². The third kappa shape index (κ3) is 10.5. The van der Waals surface area contributed by atoms with Crippen molar-refractivity contribution in [2.75, 3.05) is 6.54 Å². The molecule has 0 rings (SSSR count). The van der Waals surface area contributed by atoms with Gasteiger partial charge in [-0.05, 0) is 38.1 Å². The predicted octanol–water partition coefficient (Wildman–Crippen LogP) is -0.545. The van der Waals surface area contributed by atoms with Crippen molar-refractivity contribution in [2.45, 2.75) is 97.0 Å². The zero-order chi connectivity index (χ0) is 25.7. The van der Waals surface area contributed by atoms with Crippen LogP contribution in [0.4, 0.5) is 0 Å². The quantitative estimate of drug-likeness (QED) is 0.145. The molecule has 7 unspecified atom stereocenters. The minimum Gasteiger partial charge on any atom is -0.480 e. The molecule has 11 heteroatoms. The molecule has 33 heavy (non-hydrogen) atoms. The Morgan fingerprint density at radius 1 is 0.788 bits per heavy atom. The van der Waals surface area contributed by atoms with Crippen LogP contribution in [0.1, 0.15) is 66.7 Å². The lowest BCUT2D eigenvalue weighted by atomic mass is 9.96. The van der Waals surface area contributed by atoms with Gasteiger partial charge in [-0.25, -0.2) is 4.79 Å². The number of amides is 3. The molecule has 0 radical (unpaired) electrons. The van der Waals surface area contributed by atoms with Gasteiger partial charge in [0, 0.05) is 0 Å². The monoisotopic (exact) mass is 473 g/mol. The first-order valence-corrected chi connectivity index (χ1v) is 11.7. The molecule has 192 valence electrons. The van der Waals surface area contributed by atoms with Gasteiger partial charge in [-0.15, -0.1) is 0 Å². The van der Waals surface area contributed by atoms with Gasteiger partial charge in [0.1, 0.15) is 18.1 Å². The number of unbranched alkanes of at least 4 members (excludes halogenated alkanes) is 1.